The maximum Gasteiger partial charge on any atom is 0.358 e. The Hall–Kier alpha value is 0.580. The maximum atomic E-state index is 10.7. The van der Waals surface area contributed by atoms with Gasteiger partial charge in [0.1, 0.15) is 0 Å². The van der Waals surface area contributed by atoms with Gasteiger partial charge in [-0.05, 0) is 12.8 Å². The Kier molecular flexibility index (Phi) is 12.6. The molecule has 0 rings (SSSR count). The fourth-order valence-corrected chi connectivity index (χ4v) is 6.47. The van der Waals surface area contributed by atoms with Crippen molar-refractivity contribution in [2.75, 3.05) is 0 Å². The molecular formula is C8H18N2NaO12P4. The van der Waals surface area contributed by atoms with Crippen LogP contribution in [0.15, 0.2) is 0 Å². The molecule has 0 amide bonds. The first-order chi connectivity index (χ1) is 11.2. The first-order valence-corrected chi connectivity index (χ1v) is 12.7. The molecule has 27 heavy (non-hydrogen) atoms. The molecule has 1 radical (unpaired) electrons. The van der Waals surface area contributed by atoms with Crippen LogP contribution in [0.5, 0.6) is 0 Å². The molecule has 0 spiro atoms. The molecule has 0 aromatic heterocycles. The van der Waals surface area contributed by atoms with Gasteiger partial charge < -0.3 is 39.1 Å². The van der Waals surface area contributed by atoms with Gasteiger partial charge in [0.05, 0.1) is 12.1 Å². The van der Waals surface area contributed by atoms with Gasteiger partial charge in [0.2, 0.25) is 0 Å². The number of hydrogen-bond acceptors (Lipinski definition) is 6. The predicted octanol–water partition coefficient (Wildman–Crippen LogP) is -0.437. The topological polar surface area (TPSA) is 278 Å². The van der Waals surface area contributed by atoms with Gasteiger partial charge in [-0.2, -0.15) is 10.5 Å². The summed E-state index contributed by atoms with van der Waals surface area (Å²) in [5, 5.41) is 16.8. The molecule has 0 bridgehead atoms. The van der Waals surface area contributed by atoms with Gasteiger partial charge >= 0.3 is 30.4 Å². The maximum absolute atomic E-state index is 10.7. The fourth-order valence-electron chi connectivity index (χ4n) is 1.58. The summed E-state index contributed by atoms with van der Waals surface area (Å²) in [4.78, 5) is 63.5. The number of nitrogens with zero attached hydrogens (tertiary/aromatic N) is 2. The van der Waals surface area contributed by atoms with Crippen molar-refractivity contribution < 1.29 is 57.4 Å². The largest absolute Gasteiger partial charge is 0.358 e. The van der Waals surface area contributed by atoms with Crippen molar-refractivity contribution in [1.29, 1.82) is 10.5 Å². The van der Waals surface area contributed by atoms with E-state index in [1.165, 1.54) is 0 Å². The minimum Gasteiger partial charge on any atom is -0.323 e. The monoisotopic (exact) mass is 481 g/mol. The molecule has 0 aliphatic rings. The van der Waals surface area contributed by atoms with Gasteiger partial charge in [0.15, 0.2) is 0 Å². The Morgan fingerprint density at radius 3 is 0.778 bits per heavy atom. The third-order valence-electron chi connectivity index (χ3n) is 3.27. The van der Waals surface area contributed by atoms with Crippen LogP contribution in [0.25, 0.3) is 0 Å². The van der Waals surface area contributed by atoms with E-state index < -0.39 is 53.0 Å². The van der Waals surface area contributed by atoms with Crippen LogP contribution >= 0.6 is 30.4 Å². The first kappa shape index (κ1) is 32.3. The Bertz CT molecular complexity index is 668. The van der Waals surface area contributed by atoms with E-state index in [4.69, 9.17) is 49.7 Å². The molecule has 14 nitrogen and oxygen atoms in total. The van der Waals surface area contributed by atoms with E-state index >= 15 is 0 Å². The first-order valence-electron chi connectivity index (χ1n) is 6.29. The molecule has 0 fully saturated rings. The fraction of sp³-hybridized carbons (Fsp3) is 0.750. The summed E-state index contributed by atoms with van der Waals surface area (Å²) in [6, 6.07) is 2.04. The Morgan fingerprint density at radius 1 is 0.630 bits per heavy atom. The van der Waals surface area contributed by atoms with Crippen LogP contribution in [0.2, 0.25) is 0 Å². The molecule has 0 atom stereocenters. The van der Waals surface area contributed by atoms with E-state index in [1.54, 1.807) is 0 Å². The second kappa shape index (κ2) is 10.6. The van der Waals surface area contributed by atoms with Gasteiger partial charge in [-0.15, -0.1) is 0 Å². The van der Waals surface area contributed by atoms with Crippen LogP contribution in [0, 0.1) is 22.7 Å². The molecule has 8 N–H and O–H groups in total. The second-order valence-electron chi connectivity index (χ2n) is 4.74. The zero-order chi connectivity index (χ0) is 21.8. The quantitative estimate of drug-likeness (QED) is 0.176. The average Bonchev–Trinajstić information content (AvgIpc) is 2.36. The van der Waals surface area contributed by atoms with Crippen LogP contribution in [0.3, 0.4) is 0 Å². The van der Waals surface area contributed by atoms with E-state index in [0.717, 1.165) is 26.0 Å². The summed E-state index contributed by atoms with van der Waals surface area (Å²) >= 11 is 0. The summed E-state index contributed by atoms with van der Waals surface area (Å²) in [6.45, 7) is 2.25. The summed E-state index contributed by atoms with van der Waals surface area (Å²) in [6.07, 6.45) is -1.23. The molecule has 153 valence electrons. The Labute approximate surface area is 176 Å². The molecule has 0 aromatic carbocycles. The van der Waals surface area contributed by atoms with Crippen LogP contribution in [0.4, 0.5) is 0 Å². The third-order valence-corrected chi connectivity index (χ3v) is 11.9. The summed E-state index contributed by atoms with van der Waals surface area (Å²) in [5.74, 6) is 0. The summed E-state index contributed by atoms with van der Waals surface area (Å²) in [5.41, 5.74) is 0. The van der Waals surface area contributed by atoms with E-state index in [-0.39, 0.29) is 29.6 Å². The molecule has 0 unspecified atom stereocenters. The smallest absolute Gasteiger partial charge is 0.323 e. The van der Waals surface area contributed by atoms with E-state index in [0.29, 0.717) is 0 Å². The standard InChI is InChI=1S/2C4H9NO6P2.Na/c2*1-2-4(3-5,12(6,7)8)13(9,10)11;/h2*2H2,1H3,(H2,6,7,8)(H2,9,10,11);. The molecule has 0 heterocycles. The van der Waals surface area contributed by atoms with Gasteiger partial charge in [-0.3, -0.25) is 18.3 Å². The molecule has 0 saturated heterocycles. The van der Waals surface area contributed by atoms with Gasteiger partial charge in [0, 0.05) is 29.6 Å². The average molecular weight is 481 g/mol. The Morgan fingerprint density at radius 2 is 0.778 bits per heavy atom. The van der Waals surface area contributed by atoms with Gasteiger partial charge in [-0.1, -0.05) is 13.8 Å². The molecular weight excluding hydrogens is 463 g/mol. The molecule has 0 aromatic rings. The van der Waals surface area contributed by atoms with Crippen LogP contribution in [-0.4, -0.2) is 78.5 Å². The minimum absolute atomic E-state index is 0. The second-order valence-corrected chi connectivity index (χ2v) is 12.9. The zero-order valence-electron chi connectivity index (χ0n) is 14.3. The van der Waals surface area contributed by atoms with Crippen molar-refractivity contribution in [1.82, 2.24) is 0 Å². The molecule has 19 heteroatoms. The minimum atomic E-state index is -5.15. The zero-order valence-corrected chi connectivity index (χ0v) is 19.9. The number of hydrogen-bond donors (Lipinski definition) is 8. The third kappa shape index (κ3) is 6.80. The van der Waals surface area contributed by atoms with Crippen molar-refractivity contribution in [2.45, 2.75) is 36.5 Å². The van der Waals surface area contributed by atoms with Crippen molar-refractivity contribution >= 4 is 59.9 Å². The van der Waals surface area contributed by atoms with Crippen molar-refractivity contribution in [3.63, 3.8) is 0 Å². The Balaban J connectivity index is -0.000000411. The van der Waals surface area contributed by atoms with E-state index in [9.17, 15) is 18.3 Å². The molecule has 0 saturated carbocycles. The van der Waals surface area contributed by atoms with E-state index in [1.807, 2.05) is 0 Å². The summed E-state index contributed by atoms with van der Waals surface area (Å²) in [7, 11) is -20.6. The van der Waals surface area contributed by atoms with Crippen LogP contribution in [-0.2, 0) is 18.3 Å². The number of nitriles is 2. The van der Waals surface area contributed by atoms with Crippen LogP contribution in [0.1, 0.15) is 26.7 Å². The van der Waals surface area contributed by atoms with E-state index in [2.05, 4.69) is 0 Å². The number of rotatable bonds is 6. The van der Waals surface area contributed by atoms with Crippen molar-refractivity contribution in [3.05, 3.63) is 0 Å². The molecule has 0 aliphatic heterocycles. The van der Waals surface area contributed by atoms with Crippen LogP contribution < -0.4 is 0 Å². The predicted molar refractivity (Wildman–Crippen MR) is 91.2 cm³/mol. The molecule has 0 aliphatic carbocycles. The van der Waals surface area contributed by atoms with Crippen molar-refractivity contribution in [2.24, 2.45) is 0 Å². The summed E-state index contributed by atoms with van der Waals surface area (Å²) < 4.78 is 43.0. The SMILES string of the molecule is CCC(C#N)(P(=O)(O)O)P(=O)(O)O.CCC(C#N)(P(=O)(O)O)P(=O)(O)O.[Na]. The van der Waals surface area contributed by atoms with Crippen molar-refractivity contribution in [3.8, 4) is 12.1 Å². The normalized spacial score (nSPS) is 13.3. The van der Waals surface area contributed by atoms with Gasteiger partial charge in [0.25, 0.3) is 9.79 Å². The van der Waals surface area contributed by atoms with Gasteiger partial charge in [-0.25, -0.2) is 0 Å².